The molecular weight excluding hydrogens is 214 g/mol. The Balaban J connectivity index is 2.74. The summed E-state index contributed by atoms with van der Waals surface area (Å²) in [5, 5.41) is 8.87. The number of benzene rings is 1. The number of ether oxygens (including phenoxy) is 1. The Kier molecular flexibility index (Phi) is 3.97. The van der Waals surface area contributed by atoms with Crippen molar-refractivity contribution in [3.05, 3.63) is 23.8 Å². The molecule has 1 aromatic rings. The molecule has 92 valence electrons. The van der Waals surface area contributed by atoms with Gasteiger partial charge in [-0.2, -0.15) is 5.26 Å². The van der Waals surface area contributed by atoms with Crippen LogP contribution in [-0.2, 0) is 0 Å². The minimum atomic E-state index is -0.0613. The number of nitrogens with zero attached hydrogens (tertiary/aromatic N) is 2. The highest BCUT2D eigenvalue weighted by molar-refractivity contribution is 5.56. The lowest BCUT2D eigenvalue weighted by Gasteiger charge is -2.32. The molecule has 0 fully saturated rings. The van der Waals surface area contributed by atoms with E-state index in [0.29, 0.717) is 23.6 Å². The predicted molar refractivity (Wildman–Crippen MR) is 68.8 cm³/mol. The van der Waals surface area contributed by atoms with Crippen molar-refractivity contribution in [2.75, 3.05) is 26.4 Å². The first-order valence-electron chi connectivity index (χ1n) is 5.46. The van der Waals surface area contributed by atoms with E-state index in [1.807, 2.05) is 20.2 Å². The Bertz CT molecular complexity index is 433. The van der Waals surface area contributed by atoms with Crippen molar-refractivity contribution in [2.45, 2.75) is 19.4 Å². The van der Waals surface area contributed by atoms with Gasteiger partial charge >= 0.3 is 0 Å². The molecule has 0 amide bonds. The number of rotatable bonds is 4. The predicted octanol–water partition coefficient (Wildman–Crippen LogP) is 1.86. The van der Waals surface area contributed by atoms with Crippen molar-refractivity contribution in [1.82, 2.24) is 4.90 Å². The second-order valence-corrected chi connectivity index (χ2v) is 4.86. The summed E-state index contributed by atoms with van der Waals surface area (Å²) < 4.78 is 5.68. The van der Waals surface area contributed by atoms with Gasteiger partial charge in [0.2, 0.25) is 0 Å². The molecule has 1 rings (SSSR count). The van der Waals surface area contributed by atoms with Crippen molar-refractivity contribution in [2.24, 2.45) is 0 Å². The van der Waals surface area contributed by atoms with Crippen molar-refractivity contribution in [3.63, 3.8) is 0 Å². The van der Waals surface area contributed by atoms with Crippen molar-refractivity contribution >= 4 is 5.69 Å². The van der Waals surface area contributed by atoms with Crippen LogP contribution < -0.4 is 10.5 Å². The zero-order valence-electron chi connectivity index (χ0n) is 10.8. The van der Waals surface area contributed by atoms with E-state index in [9.17, 15) is 0 Å². The molecule has 0 aliphatic carbocycles. The summed E-state index contributed by atoms with van der Waals surface area (Å²) in [5.41, 5.74) is 6.51. The van der Waals surface area contributed by atoms with Gasteiger partial charge in [-0.25, -0.2) is 0 Å². The molecule has 0 bridgehead atoms. The fourth-order valence-electron chi connectivity index (χ4n) is 1.11. The van der Waals surface area contributed by atoms with Gasteiger partial charge in [-0.1, -0.05) is 0 Å². The Morgan fingerprint density at radius 3 is 2.59 bits per heavy atom. The van der Waals surface area contributed by atoms with E-state index in [2.05, 4.69) is 18.7 Å². The third-order valence-corrected chi connectivity index (χ3v) is 2.95. The monoisotopic (exact) mass is 233 g/mol. The number of anilines is 1. The maximum absolute atomic E-state index is 8.87. The molecule has 2 N–H and O–H groups in total. The van der Waals surface area contributed by atoms with Crippen LogP contribution in [0.15, 0.2) is 18.2 Å². The molecule has 0 spiro atoms. The molecule has 4 nitrogen and oxygen atoms in total. The number of hydrogen-bond acceptors (Lipinski definition) is 4. The summed E-state index contributed by atoms with van der Waals surface area (Å²) in [6, 6.07) is 7.18. The zero-order valence-corrected chi connectivity index (χ0v) is 10.8. The Morgan fingerprint density at radius 1 is 1.41 bits per heavy atom. The third-order valence-electron chi connectivity index (χ3n) is 2.95. The maximum atomic E-state index is 8.87. The molecule has 4 heteroatoms. The third kappa shape index (κ3) is 3.36. The molecule has 1 aromatic carbocycles. The van der Waals surface area contributed by atoms with Crippen LogP contribution in [0.1, 0.15) is 19.4 Å². The highest BCUT2D eigenvalue weighted by Gasteiger charge is 2.21. The minimum absolute atomic E-state index is 0.0613. The molecular formula is C13H19N3O. The van der Waals surface area contributed by atoms with Gasteiger partial charge in [0.1, 0.15) is 18.4 Å². The van der Waals surface area contributed by atoms with E-state index < -0.39 is 0 Å². The summed E-state index contributed by atoms with van der Waals surface area (Å²) in [6.07, 6.45) is 0. The normalized spacial score (nSPS) is 11.3. The maximum Gasteiger partial charge on any atom is 0.120 e. The Labute approximate surface area is 103 Å². The van der Waals surface area contributed by atoms with Crippen molar-refractivity contribution in [1.29, 1.82) is 5.26 Å². The summed E-state index contributed by atoms with van der Waals surface area (Å²) in [5.74, 6) is 0.672. The summed E-state index contributed by atoms with van der Waals surface area (Å²) in [7, 11) is 4.01. The van der Waals surface area contributed by atoms with E-state index in [4.69, 9.17) is 15.7 Å². The molecule has 0 unspecified atom stereocenters. The van der Waals surface area contributed by atoms with Crippen LogP contribution in [0, 0.1) is 11.3 Å². The Morgan fingerprint density at radius 2 is 2.06 bits per heavy atom. The van der Waals surface area contributed by atoms with Crippen LogP contribution in [0.3, 0.4) is 0 Å². The molecule has 0 radical (unpaired) electrons. The second-order valence-electron chi connectivity index (χ2n) is 4.86. The molecule has 0 aliphatic heterocycles. The van der Waals surface area contributed by atoms with E-state index >= 15 is 0 Å². The summed E-state index contributed by atoms with van der Waals surface area (Å²) in [6.45, 7) is 4.74. The topological polar surface area (TPSA) is 62.3 Å². The van der Waals surface area contributed by atoms with Gasteiger partial charge in [-0.05, 0) is 46.1 Å². The average molecular weight is 233 g/mol. The van der Waals surface area contributed by atoms with Gasteiger partial charge in [0.15, 0.2) is 0 Å². The van der Waals surface area contributed by atoms with Crippen molar-refractivity contribution < 1.29 is 4.74 Å². The van der Waals surface area contributed by atoms with E-state index in [1.165, 1.54) is 0 Å². The molecule has 0 saturated heterocycles. The van der Waals surface area contributed by atoms with Crippen molar-refractivity contribution in [3.8, 4) is 11.8 Å². The standard InChI is InChI=1S/C13H19N3O/c1-13(2,16(3)4)9-17-11-5-6-12(15)10(7-11)8-14/h5-7H,9,15H2,1-4H3. The van der Waals surface area contributed by atoms with Crippen LogP contribution in [0.4, 0.5) is 5.69 Å². The number of nitrogen functional groups attached to an aromatic ring is 1. The highest BCUT2D eigenvalue weighted by atomic mass is 16.5. The molecule has 0 atom stereocenters. The van der Waals surface area contributed by atoms with Gasteiger partial charge < -0.3 is 15.4 Å². The lowest BCUT2D eigenvalue weighted by molar-refractivity contribution is 0.114. The van der Waals surface area contributed by atoms with E-state index in [0.717, 1.165) is 0 Å². The first-order chi connectivity index (χ1) is 7.86. The van der Waals surface area contributed by atoms with Crippen LogP contribution in [0.2, 0.25) is 0 Å². The molecule has 17 heavy (non-hydrogen) atoms. The number of nitrogens with two attached hydrogens (primary N) is 1. The number of likely N-dealkylation sites (N-methyl/N-ethyl adjacent to an activating group) is 1. The average Bonchev–Trinajstić information content (AvgIpc) is 2.28. The van der Waals surface area contributed by atoms with Crippen LogP contribution in [0.5, 0.6) is 5.75 Å². The molecule has 0 aromatic heterocycles. The highest BCUT2D eigenvalue weighted by Crippen LogP contribution is 2.20. The van der Waals surface area contributed by atoms with Crippen LogP contribution in [0.25, 0.3) is 0 Å². The summed E-state index contributed by atoms with van der Waals surface area (Å²) in [4.78, 5) is 2.09. The minimum Gasteiger partial charge on any atom is -0.492 e. The van der Waals surface area contributed by atoms with E-state index in [-0.39, 0.29) is 5.54 Å². The fourth-order valence-corrected chi connectivity index (χ4v) is 1.11. The van der Waals surface area contributed by atoms with Gasteiger partial charge in [-0.3, -0.25) is 0 Å². The van der Waals surface area contributed by atoms with Gasteiger partial charge in [0, 0.05) is 11.2 Å². The molecule has 0 saturated carbocycles. The SMILES string of the molecule is CN(C)C(C)(C)COc1ccc(N)c(C#N)c1. The van der Waals surface area contributed by atoms with Crippen LogP contribution in [-0.4, -0.2) is 31.1 Å². The lowest BCUT2D eigenvalue weighted by atomic mass is 10.1. The quantitative estimate of drug-likeness (QED) is 0.806. The van der Waals surface area contributed by atoms with E-state index in [1.54, 1.807) is 18.2 Å². The zero-order chi connectivity index (χ0) is 13.1. The Hall–Kier alpha value is -1.73. The first-order valence-corrected chi connectivity index (χ1v) is 5.46. The second kappa shape index (κ2) is 5.07. The smallest absolute Gasteiger partial charge is 0.120 e. The van der Waals surface area contributed by atoms with Crippen LogP contribution >= 0.6 is 0 Å². The van der Waals surface area contributed by atoms with Gasteiger partial charge in [0.05, 0.1) is 5.56 Å². The molecule has 0 heterocycles. The fraction of sp³-hybridized carbons (Fsp3) is 0.462. The molecule has 0 aliphatic rings. The van der Waals surface area contributed by atoms with Gasteiger partial charge in [0.25, 0.3) is 0 Å². The first kappa shape index (κ1) is 13.3. The lowest BCUT2D eigenvalue weighted by Crippen LogP contribution is -2.43. The van der Waals surface area contributed by atoms with Gasteiger partial charge in [-0.15, -0.1) is 0 Å². The summed E-state index contributed by atoms with van der Waals surface area (Å²) >= 11 is 0. The number of nitriles is 1. The number of hydrogen-bond donors (Lipinski definition) is 1. The largest absolute Gasteiger partial charge is 0.492 e.